The summed E-state index contributed by atoms with van der Waals surface area (Å²) in [6, 6.07) is 9.08. The summed E-state index contributed by atoms with van der Waals surface area (Å²) in [6.07, 6.45) is 0. The Kier molecular flexibility index (Phi) is 4.64. The van der Waals surface area contributed by atoms with Crippen molar-refractivity contribution in [2.24, 2.45) is 14.1 Å². The van der Waals surface area contributed by atoms with Crippen LogP contribution in [0.3, 0.4) is 0 Å². The molecule has 8 nitrogen and oxygen atoms in total. The van der Waals surface area contributed by atoms with Gasteiger partial charge in [-0.05, 0) is 6.92 Å². The second-order valence-corrected chi connectivity index (χ2v) is 7.05. The van der Waals surface area contributed by atoms with E-state index >= 15 is 0 Å². The molecule has 0 amide bonds. The average molecular weight is 372 g/mol. The Morgan fingerprint density at radius 1 is 1.12 bits per heavy atom. The van der Waals surface area contributed by atoms with Gasteiger partial charge in [0.15, 0.2) is 11.5 Å². The Morgan fingerprint density at radius 2 is 1.77 bits per heavy atom. The molecule has 0 bridgehead atoms. The molecule has 0 aliphatic heterocycles. The smallest absolute Gasteiger partial charge is 0.332 e. The highest BCUT2D eigenvalue weighted by Gasteiger charge is 2.22. The van der Waals surface area contributed by atoms with Gasteiger partial charge in [-0.15, -0.1) is 0 Å². The summed E-state index contributed by atoms with van der Waals surface area (Å²) in [5, 5.41) is 8.77. The minimum Gasteiger partial charge on any atom is -0.480 e. The lowest BCUT2D eigenvalue weighted by atomic mass is 10.2. The van der Waals surface area contributed by atoms with Crippen LogP contribution in [0, 0.1) is 0 Å². The zero-order chi connectivity index (χ0) is 19.0. The molecule has 0 radical (unpaired) electrons. The second kappa shape index (κ2) is 6.75. The summed E-state index contributed by atoms with van der Waals surface area (Å²) in [6.45, 7) is 1.51. The van der Waals surface area contributed by atoms with Crippen LogP contribution < -0.4 is 11.2 Å². The molecule has 134 valence electrons. The van der Waals surface area contributed by atoms with Gasteiger partial charge in [0.25, 0.3) is 5.56 Å². The van der Waals surface area contributed by atoms with Crippen LogP contribution in [0.15, 0.2) is 44.9 Å². The number of carboxylic acids is 1. The van der Waals surface area contributed by atoms with E-state index in [9.17, 15) is 19.5 Å². The van der Waals surface area contributed by atoms with Gasteiger partial charge in [0.05, 0.1) is 0 Å². The topological polar surface area (TPSA) is 107 Å². The van der Waals surface area contributed by atoms with Gasteiger partial charge in [-0.1, -0.05) is 42.1 Å². The van der Waals surface area contributed by atoms with Crippen molar-refractivity contribution < 1.29 is 9.90 Å². The predicted octanol–water partition coefficient (Wildman–Crippen LogP) is 1.26. The van der Waals surface area contributed by atoms with Crippen molar-refractivity contribution in [3.63, 3.8) is 0 Å². The number of hydrogen-bond acceptors (Lipinski definition) is 6. The average Bonchev–Trinajstić information content (AvgIpc) is 2.64. The molecule has 26 heavy (non-hydrogen) atoms. The molecule has 0 spiro atoms. The van der Waals surface area contributed by atoms with Crippen molar-refractivity contribution in [2.75, 3.05) is 0 Å². The van der Waals surface area contributed by atoms with E-state index in [0.717, 1.165) is 16.3 Å². The maximum absolute atomic E-state index is 12.6. The molecule has 1 N–H and O–H groups in total. The Morgan fingerprint density at radius 3 is 2.38 bits per heavy atom. The Bertz CT molecular complexity index is 1120. The van der Waals surface area contributed by atoms with Gasteiger partial charge < -0.3 is 5.11 Å². The number of fused-ring (bicyclic) bond motifs is 1. The first kappa shape index (κ1) is 17.9. The molecule has 0 unspecified atom stereocenters. The molecule has 2 heterocycles. The summed E-state index contributed by atoms with van der Waals surface area (Å²) < 4.78 is 2.23. The minimum absolute atomic E-state index is 0.132. The third-order valence-electron chi connectivity index (χ3n) is 3.93. The van der Waals surface area contributed by atoms with E-state index in [4.69, 9.17) is 0 Å². The van der Waals surface area contributed by atoms with Crippen LogP contribution in [-0.4, -0.2) is 35.4 Å². The molecule has 9 heteroatoms. The van der Waals surface area contributed by atoms with Gasteiger partial charge in [0, 0.05) is 19.7 Å². The Hall–Kier alpha value is -2.94. The van der Waals surface area contributed by atoms with Crippen molar-refractivity contribution in [3.05, 3.63) is 51.2 Å². The van der Waals surface area contributed by atoms with E-state index < -0.39 is 22.5 Å². The summed E-state index contributed by atoms with van der Waals surface area (Å²) in [4.78, 5) is 45.0. The lowest BCUT2D eigenvalue weighted by molar-refractivity contribution is -0.136. The molecular formula is C17H16N4O4S. The first-order chi connectivity index (χ1) is 12.3. The molecule has 3 rings (SSSR count). The third-order valence-corrected chi connectivity index (χ3v) is 5.01. The van der Waals surface area contributed by atoms with Crippen molar-refractivity contribution in [3.8, 4) is 11.4 Å². The van der Waals surface area contributed by atoms with Crippen molar-refractivity contribution in [1.82, 2.24) is 19.1 Å². The largest absolute Gasteiger partial charge is 0.480 e. The molecule has 0 fully saturated rings. The number of aliphatic carboxylic acids is 1. The zero-order valence-corrected chi connectivity index (χ0v) is 15.1. The predicted molar refractivity (Wildman–Crippen MR) is 98.4 cm³/mol. The van der Waals surface area contributed by atoms with Crippen LogP contribution in [-0.2, 0) is 18.9 Å². The highest BCUT2D eigenvalue weighted by Crippen LogP contribution is 2.28. The number of aromatic nitrogens is 4. The number of carbonyl (C=O) groups is 1. The fourth-order valence-electron chi connectivity index (χ4n) is 2.45. The number of benzene rings is 1. The van der Waals surface area contributed by atoms with E-state index in [0.29, 0.717) is 11.4 Å². The van der Waals surface area contributed by atoms with Gasteiger partial charge >= 0.3 is 11.7 Å². The van der Waals surface area contributed by atoms with E-state index in [2.05, 4.69) is 9.97 Å². The van der Waals surface area contributed by atoms with Gasteiger partial charge in [-0.2, -0.15) is 0 Å². The van der Waals surface area contributed by atoms with Crippen LogP contribution in [0.25, 0.3) is 22.4 Å². The highest BCUT2D eigenvalue weighted by molar-refractivity contribution is 8.00. The first-order valence-corrected chi connectivity index (χ1v) is 8.62. The third kappa shape index (κ3) is 3.01. The zero-order valence-electron chi connectivity index (χ0n) is 14.3. The van der Waals surface area contributed by atoms with Gasteiger partial charge in [0.2, 0.25) is 0 Å². The fraction of sp³-hybridized carbons (Fsp3) is 0.235. The molecule has 1 aromatic carbocycles. The fourth-order valence-corrected chi connectivity index (χ4v) is 3.32. The highest BCUT2D eigenvalue weighted by atomic mass is 32.2. The van der Waals surface area contributed by atoms with Crippen LogP contribution in [0.2, 0.25) is 0 Å². The van der Waals surface area contributed by atoms with Crippen LogP contribution in [0.1, 0.15) is 6.92 Å². The van der Waals surface area contributed by atoms with Gasteiger partial charge in [-0.3, -0.25) is 18.7 Å². The van der Waals surface area contributed by atoms with Crippen LogP contribution in [0.5, 0.6) is 0 Å². The van der Waals surface area contributed by atoms with E-state index in [-0.39, 0.29) is 16.1 Å². The van der Waals surface area contributed by atoms with E-state index in [1.807, 2.05) is 18.2 Å². The Labute approximate surface area is 152 Å². The van der Waals surface area contributed by atoms with Crippen LogP contribution >= 0.6 is 11.8 Å². The number of hydrogen-bond donors (Lipinski definition) is 1. The van der Waals surface area contributed by atoms with Gasteiger partial charge in [-0.25, -0.2) is 14.8 Å². The lowest BCUT2D eigenvalue weighted by Gasteiger charge is -2.13. The molecule has 3 aromatic rings. The second-order valence-electron chi connectivity index (χ2n) is 5.72. The SMILES string of the molecule is C[C@@H](Sc1nc(-c2ccccc2)nc2c1c(=O)n(C)c(=O)n2C)C(=O)O. The first-order valence-electron chi connectivity index (χ1n) is 7.74. The van der Waals surface area contributed by atoms with Crippen molar-refractivity contribution >= 4 is 28.8 Å². The summed E-state index contributed by atoms with van der Waals surface area (Å²) >= 11 is 0.948. The molecule has 0 aliphatic carbocycles. The molecule has 2 aromatic heterocycles. The van der Waals surface area contributed by atoms with E-state index in [1.165, 1.54) is 25.6 Å². The number of rotatable bonds is 4. The monoisotopic (exact) mass is 372 g/mol. The number of aryl methyl sites for hydroxylation is 1. The quantitative estimate of drug-likeness (QED) is 0.543. The summed E-state index contributed by atoms with van der Waals surface area (Å²) in [7, 11) is 2.88. The molecule has 0 aliphatic rings. The standard InChI is InChI=1S/C17H16N4O4S/c1-9(16(23)24)26-14-11-13(20(2)17(25)21(3)15(11)22)18-12(19-14)10-7-5-4-6-8-10/h4-9H,1-3H3,(H,23,24)/t9-/m1/s1. The molecule has 0 saturated carbocycles. The molecule has 0 saturated heterocycles. The summed E-state index contributed by atoms with van der Waals surface area (Å²) in [5.41, 5.74) is -0.190. The van der Waals surface area contributed by atoms with Gasteiger partial charge in [0.1, 0.15) is 15.7 Å². The minimum atomic E-state index is -1.02. The number of nitrogens with zero attached hydrogens (tertiary/aromatic N) is 4. The van der Waals surface area contributed by atoms with Crippen molar-refractivity contribution in [2.45, 2.75) is 17.2 Å². The van der Waals surface area contributed by atoms with Crippen molar-refractivity contribution in [1.29, 1.82) is 0 Å². The van der Waals surface area contributed by atoms with E-state index in [1.54, 1.807) is 12.1 Å². The maximum Gasteiger partial charge on any atom is 0.332 e. The van der Waals surface area contributed by atoms with Crippen LogP contribution in [0.4, 0.5) is 0 Å². The lowest BCUT2D eigenvalue weighted by Crippen LogP contribution is -2.37. The number of thioether (sulfide) groups is 1. The normalized spacial score (nSPS) is 12.3. The molecular weight excluding hydrogens is 356 g/mol. The maximum atomic E-state index is 12.6. The molecule has 1 atom stereocenters. The summed E-state index contributed by atoms with van der Waals surface area (Å²) in [5.74, 6) is -0.703. The Balaban J connectivity index is 2.39. The number of carboxylic acid groups (broad SMARTS) is 1.